The van der Waals surface area contributed by atoms with Crippen molar-refractivity contribution in [3.63, 3.8) is 0 Å². The van der Waals surface area contributed by atoms with Gasteiger partial charge in [-0.2, -0.15) is 0 Å². The first kappa shape index (κ1) is 12.4. The van der Waals surface area contributed by atoms with Crippen LogP contribution in [0.15, 0.2) is 46.1 Å². The molecular weight excluding hydrogens is 254 g/mol. The molecule has 0 fully saturated rings. The Labute approximate surface area is 108 Å². The highest BCUT2D eigenvalue weighted by atomic mass is 35.5. The molecule has 1 aromatic carbocycles. The number of hydrogen-bond acceptors (Lipinski definition) is 3. The van der Waals surface area contributed by atoms with E-state index in [1.807, 2.05) is 0 Å². The molecule has 2 aromatic rings. The molecule has 0 aliphatic heterocycles. The van der Waals surface area contributed by atoms with Gasteiger partial charge in [-0.05, 0) is 18.2 Å². The molecule has 0 aliphatic rings. The first-order valence-electron chi connectivity index (χ1n) is 5.24. The molecule has 0 atom stereocenters. The number of fused-ring (bicyclic) bond motifs is 1. The fourth-order valence-corrected chi connectivity index (χ4v) is 1.66. The van der Waals surface area contributed by atoms with E-state index in [1.165, 1.54) is 12.1 Å². The Balaban J connectivity index is 2.49. The van der Waals surface area contributed by atoms with Crippen molar-refractivity contribution >= 4 is 28.5 Å². The van der Waals surface area contributed by atoms with Gasteiger partial charge in [-0.15, -0.1) is 6.58 Å². The summed E-state index contributed by atoms with van der Waals surface area (Å²) < 4.78 is 5.35. The van der Waals surface area contributed by atoms with Crippen LogP contribution in [0.2, 0.25) is 5.02 Å². The number of carbonyl (C=O) groups is 1. The third-order valence-electron chi connectivity index (χ3n) is 2.32. The van der Waals surface area contributed by atoms with Crippen LogP contribution in [0, 0.1) is 0 Å². The number of nitrogens with one attached hydrogen (secondary N) is 1. The Hall–Kier alpha value is -2.07. The molecular formula is C13H10ClNO3. The molecule has 18 heavy (non-hydrogen) atoms. The first-order chi connectivity index (χ1) is 8.61. The molecule has 92 valence electrons. The molecule has 0 saturated carbocycles. The molecule has 0 aliphatic carbocycles. The van der Waals surface area contributed by atoms with Gasteiger partial charge in [-0.1, -0.05) is 17.7 Å². The average Bonchev–Trinajstić information content (AvgIpc) is 2.36. The van der Waals surface area contributed by atoms with E-state index < -0.39 is 5.91 Å². The van der Waals surface area contributed by atoms with E-state index in [9.17, 15) is 9.59 Å². The molecule has 5 heteroatoms. The zero-order valence-electron chi connectivity index (χ0n) is 9.40. The van der Waals surface area contributed by atoms with Crippen LogP contribution in [-0.2, 0) is 0 Å². The van der Waals surface area contributed by atoms with Gasteiger partial charge < -0.3 is 9.73 Å². The van der Waals surface area contributed by atoms with Crippen LogP contribution < -0.4 is 10.7 Å². The van der Waals surface area contributed by atoms with Gasteiger partial charge in [-0.3, -0.25) is 9.59 Å². The third-order valence-corrected chi connectivity index (χ3v) is 2.56. The van der Waals surface area contributed by atoms with Gasteiger partial charge in [-0.25, -0.2) is 0 Å². The Kier molecular flexibility index (Phi) is 3.48. The molecule has 1 aromatic heterocycles. The molecule has 0 saturated heterocycles. The minimum absolute atomic E-state index is 0.0309. The second-order valence-electron chi connectivity index (χ2n) is 3.61. The number of amides is 1. The first-order valence-corrected chi connectivity index (χ1v) is 5.62. The minimum Gasteiger partial charge on any atom is -0.451 e. The molecule has 0 unspecified atom stereocenters. The summed E-state index contributed by atoms with van der Waals surface area (Å²) in [5, 5.41) is 3.33. The van der Waals surface area contributed by atoms with Crippen molar-refractivity contribution in [2.24, 2.45) is 0 Å². The van der Waals surface area contributed by atoms with Gasteiger partial charge in [0.1, 0.15) is 5.58 Å². The predicted octanol–water partition coefficient (Wildman–Crippen LogP) is 2.36. The molecule has 2 rings (SSSR count). The maximum atomic E-state index is 11.8. The van der Waals surface area contributed by atoms with Gasteiger partial charge in [0.2, 0.25) is 0 Å². The van der Waals surface area contributed by atoms with E-state index in [2.05, 4.69) is 11.9 Å². The van der Waals surface area contributed by atoms with Crippen molar-refractivity contribution in [2.75, 3.05) is 6.54 Å². The van der Waals surface area contributed by atoms with E-state index in [0.717, 1.165) is 6.07 Å². The summed E-state index contributed by atoms with van der Waals surface area (Å²) in [4.78, 5) is 23.5. The minimum atomic E-state index is -0.455. The summed E-state index contributed by atoms with van der Waals surface area (Å²) in [7, 11) is 0. The lowest BCUT2D eigenvalue weighted by Gasteiger charge is -2.03. The summed E-state index contributed by atoms with van der Waals surface area (Å²) in [6, 6.07) is 5.81. The number of benzene rings is 1. The molecule has 0 radical (unpaired) electrons. The summed E-state index contributed by atoms with van der Waals surface area (Å²) >= 11 is 5.79. The quantitative estimate of drug-likeness (QED) is 0.865. The standard InChI is InChI=1S/C13H10ClNO3/c1-2-5-15-13(17)12-7-10(16)9-6-8(14)3-4-11(9)18-12/h2-4,6-7H,1,5H2,(H,15,17). The van der Waals surface area contributed by atoms with Gasteiger partial charge in [0.25, 0.3) is 5.91 Å². The molecule has 4 nitrogen and oxygen atoms in total. The maximum Gasteiger partial charge on any atom is 0.287 e. The third kappa shape index (κ3) is 2.43. The molecule has 0 bridgehead atoms. The van der Waals surface area contributed by atoms with Crippen molar-refractivity contribution in [1.82, 2.24) is 5.32 Å². The van der Waals surface area contributed by atoms with Crippen molar-refractivity contribution in [2.45, 2.75) is 0 Å². The number of halogens is 1. The maximum absolute atomic E-state index is 11.8. The highest BCUT2D eigenvalue weighted by Crippen LogP contribution is 2.17. The monoisotopic (exact) mass is 263 g/mol. The highest BCUT2D eigenvalue weighted by molar-refractivity contribution is 6.31. The van der Waals surface area contributed by atoms with Gasteiger partial charge in [0.15, 0.2) is 11.2 Å². The van der Waals surface area contributed by atoms with E-state index in [4.69, 9.17) is 16.0 Å². The number of rotatable bonds is 3. The number of carbonyl (C=O) groups excluding carboxylic acids is 1. The fraction of sp³-hybridized carbons (Fsp3) is 0.0769. The van der Waals surface area contributed by atoms with Crippen LogP contribution >= 0.6 is 11.6 Å². The van der Waals surface area contributed by atoms with Crippen molar-refractivity contribution in [3.8, 4) is 0 Å². The fourth-order valence-electron chi connectivity index (χ4n) is 1.49. The smallest absolute Gasteiger partial charge is 0.287 e. The Bertz CT molecular complexity index is 675. The molecule has 1 heterocycles. The molecule has 0 spiro atoms. The van der Waals surface area contributed by atoms with Crippen LogP contribution in [0.3, 0.4) is 0 Å². The lowest BCUT2D eigenvalue weighted by Crippen LogP contribution is -2.24. The molecule has 1 N–H and O–H groups in total. The molecule has 1 amide bonds. The van der Waals surface area contributed by atoms with E-state index in [1.54, 1.807) is 12.1 Å². The van der Waals surface area contributed by atoms with Gasteiger partial charge in [0.05, 0.1) is 5.39 Å². The van der Waals surface area contributed by atoms with Crippen molar-refractivity contribution < 1.29 is 9.21 Å². The average molecular weight is 264 g/mol. The second kappa shape index (κ2) is 5.06. The Morgan fingerprint density at radius 1 is 1.44 bits per heavy atom. The van der Waals surface area contributed by atoms with E-state index >= 15 is 0 Å². The Morgan fingerprint density at radius 3 is 2.94 bits per heavy atom. The van der Waals surface area contributed by atoms with Crippen molar-refractivity contribution in [1.29, 1.82) is 0 Å². The second-order valence-corrected chi connectivity index (χ2v) is 4.05. The lowest BCUT2D eigenvalue weighted by molar-refractivity contribution is 0.0931. The lowest BCUT2D eigenvalue weighted by atomic mass is 10.2. The van der Waals surface area contributed by atoms with Crippen LogP contribution in [0.1, 0.15) is 10.6 Å². The van der Waals surface area contributed by atoms with Crippen LogP contribution in [-0.4, -0.2) is 12.5 Å². The van der Waals surface area contributed by atoms with E-state index in [0.29, 0.717) is 22.5 Å². The zero-order chi connectivity index (χ0) is 13.1. The topological polar surface area (TPSA) is 59.3 Å². The summed E-state index contributed by atoms with van der Waals surface area (Å²) in [5.41, 5.74) is 0.0261. The van der Waals surface area contributed by atoms with Crippen LogP contribution in [0.5, 0.6) is 0 Å². The number of hydrogen-bond donors (Lipinski definition) is 1. The Morgan fingerprint density at radius 2 is 2.22 bits per heavy atom. The summed E-state index contributed by atoms with van der Waals surface area (Å²) in [6.45, 7) is 3.79. The zero-order valence-corrected chi connectivity index (χ0v) is 10.2. The summed E-state index contributed by atoms with van der Waals surface area (Å²) in [6.07, 6.45) is 1.54. The van der Waals surface area contributed by atoms with Crippen LogP contribution in [0.25, 0.3) is 11.0 Å². The van der Waals surface area contributed by atoms with E-state index in [-0.39, 0.29) is 11.2 Å². The normalized spacial score (nSPS) is 10.3. The largest absolute Gasteiger partial charge is 0.451 e. The van der Waals surface area contributed by atoms with Crippen molar-refractivity contribution in [3.05, 3.63) is 57.9 Å². The van der Waals surface area contributed by atoms with Crippen LogP contribution in [0.4, 0.5) is 0 Å². The summed E-state index contributed by atoms with van der Waals surface area (Å²) in [5.74, 6) is -0.486. The van der Waals surface area contributed by atoms with Gasteiger partial charge in [0, 0.05) is 17.6 Å². The highest BCUT2D eigenvalue weighted by Gasteiger charge is 2.11. The van der Waals surface area contributed by atoms with Gasteiger partial charge >= 0.3 is 0 Å². The SMILES string of the molecule is C=CCNC(=O)c1cc(=O)c2cc(Cl)ccc2o1. The predicted molar refractivity (Wildman–Crippen MR) is 70.0 cm³/mol.